The minimum Gasteiger partial charge on any atom is -0.464 e. The Morgan fingerprint density at radius 2 is 1.49 bits per heavy atom. The van der Waals surface area contributed by atoms with Gasteiger partial charge in [0, 0.05) is 23.4 Å². The second-order valence-corrected chi connectivity index (χ2v) is 9.14. The highest BCUT2D eigenvalue weighted by Crippen LogP contribution is 2.27. The van der Waals surface area contributed by atoms with Crippen molar-refractivity contribution in [2.75, 3.05) is 33.0 Å². The van der Waals surface area contributed by atoms with E-state index in [-0.39, 0.29) is 37.7 Å². The Bertz CT molecular complexity index is 908. The van der Waals surface area contributed by atoms with Gasteiger partial charge in [-0.25, -0.2) is 14.4 Å². The van der Waals surface area contributed by atoms with E-state index >= 15 is 0 Å². The number of rotatable bonds is 13. The first-order chi connectivity index (χ1) is 17.6. The van der Waals surface area contributed by atoms with Crippen LogP contribution in [0.1, 0.15) is 63.7 Å². The summed E-state index contributed by atoms with van der Waals surface area (Å²) in [7, 11) is 0. The van der Waals surface area contributed by atoms with Crippen LogP contribution in [0.5, 0.6) is 0 Å². The monoisotopic (exact) mass is 541 g/mol. The van der Waals surface area contributed by atoms with Crippen LogP contribution in [0, 0.1) is 5.92 Å². The SMILES string of the molecule is CCOC(=O)C(CCCC[C@H]1CO[C@@](C)(C(=O)OCC)OC1)(NC(=O)c1ccc(Cl)cc1)C(=O)OCC. The van der Waals surface area contributed by atoms with Gasteiger partial charge in [-0.15, -0.1) is 0 Å². The predicted molar refractivity (Wildman–Crippen MR) is 134 cm³/mol. The Labute approximate surface area is 222 Å². The first-order valence-corrected chi connectivity index (χ1v) is 12.9. The van der Waals surface area contributed by atoms with Gasteiger partial charge in [0.05, 0.1) is 33.0 Å². The van der Waals surface area contributed by atoms with Crippen molar-refractivity contribution in [2.45, 2.75) is 64.7 Å². The number of hydrogen-bond donors (Lipinski definition) is 1. The zero-order chi connectivity index (χ0) is 27.5. The number of unbranched alkanes of at least 4 members (excludes halogenated alkanes) is 1. The van der Waals surface area contributed by atoms with Crippen LogP contribution >= 0.6 is 11.6 Å². The van der Waals surface area contributed by atoms with Gasteiger partial charge in [-0.1, -0.05) is 18.0 Å². The summed E-state index contributed by atoms with van der Waals surface area (Å²) in [5, 5.41) is 3.02. The summed E-state index contributed by atoms with van der Waals surface area (Å²) < 4.78 is 26.6. The standard InChI is InChI=1S/C26H36ClNO9/c1-5-33-22(30)25(4)36-16-18(17-37-25)10-8-9-15-26(23(31)34-6-2,24(32)35-7-3)28-21(29)19-11-13-20(27)14-12-19/h11-14,18H,5-10,15-17H2,1-4H3,(H,28,29)/t18-,25+. The van der Waals surface area contributed by atoms with Crippen LogP contribution < -0.4 is 5.32 Å². The Morgan fingerprint density at radius 3 is 2.00 bits per heavy atom. The second-order valence-electron chi connectivity index (χ2n) is 8.71. The maximum absolute atomic E-state index is 13.0. The molecule has 1 aromatic rings. The third-order valence-electron chi connectivity index (χ3n) is 5.93. The molecular formula is C26H36ClNO9. The molecule has 1 heterocycles. The minimum atomic E-state index is -2.01. The Balaban J connectivity index is 2.08. The van der Waals surface area contributed by atoms with E-state index in [1.807, 2.05) is 0 Å². The minimum absolute atomic E-state index is 0.00532. The van der Waals surface area contributed by atoms with E-state index in [2.05, 4.69) is 5.32 Å². The number of carbonyl (C=O) groups excluding carboxylic acids is 4. The number of amides is 1. The molecule has 1 fully saturated rings. The van der Waals surface area contributed by atoms with Crippen molar-refractivity contribution in [3.8, 4) is 0 Å². The van der Waals surface area contributed by atoms with Crippen LogP contribution in [0.25, 0.3) is 0 Å². The summed E-state index contributed by atoms with van der Waals surface area (Å²) in [5.74, 6) is -4.40. The summed E-state index contributed by atoms with van der Waals surface area (Å²) in [6.45, 7) is 7.31. The Morgan fingerprint density at radius 1 is 0.946 bits per heavy atom. The van der Waals surface area contributed by atoms with E-state index in [0.717, 1.165) is 0 Å². The zero-order valence-corrected chi connectivity index (χ0v) is 22.6. The molecule has 1 aliphatic heterocycles. The third-order valence-corrected chi connectivity index (χ3v) is 6.18. The lowest BCUT2D eigenvalue weighted by molar-refractivity contribution is -0.274. The maximum Gasteiger partial charge on any atom is 0.366 e. The van der Waals surface area contributed by atoms with Crippen molar-refractivity contribution >= 4 is 35.4 Å². The molecule has 10 nitrogen and oxygen atoms in total. The van der Waals surface area contributed by atoms with Gasteiger partial charge < -0.3 is 29.0 Å². The van der Waals surface area contributed by atoms with Crippen molar-refractivity contribution < 1.29 is 42.9 Å². The molecule has 0 atom stereocenters. The van der Waals surface area contributed by atoms with E-state index in [9.17, 15) is 19.2 Å². The average Bonchev–Trinajstić information content (AvgIpc) is 2.87. The molecule has 0 saturated carbocycles. The number of carbonyl (C=O) groups is 4. The molecule has 1 N–H and O–H groups in total. The molecule has 0 spiro atoms. The maximum atomic E-state index is 13.0. The van der Waals surface area contributed by atoms with Gasteiger partial charge in [0.1, 0.15) is 0 Å². The second kappa shape index (κ2) is 14.3. The van der Waals surface area contributed by atoms with Gasteiger partial charge in [0.15, 0.2) is 0 Å². The number of nitrogens with one attached hydrogen (secondary N) is 1. The van der Waals surface area contributed by atoms with Gasteiger partial charge in [0.2, 0.25) is 5.54 Å². The normalized spacial score (nSPS) is 19.5. The molecule has 0 aliphatic carbocycles. The predicted octanol–water partition coefficient (Wildman–Crippen LogP) is 3.44. The van der Waals surface area contributed by atoms with Crippen LogP contribution in [0.15, 0.2) is 24.3 Å². The van der Waals surface area contributed by atoms with E-state index in [4.69, 9.17) is 35.3 Å². The molecule has 206 valence electrons. The van der Waals surface area contributed by atoms with Gasteiger partial charge in [-0.05, 0) is 64.3 Å². The summed E-state index contributed by atoms with van der Waals surface area (Å²) in [6.07, 6.45) is 1.60. The average molecular weight is 542 g/mol. The van der Waals surface area contributed by atoms with Crippen LogP contribution in [-0.2, 0) is 38.1 Å². The van der Waals surface area contributed by atoms with E-state index in [1.165, 1.54) is 31.2 Å². The number of halogens is 1. The van der Waals surface area contributed by atoms with Crippen molar-refractivity contribution in [1.29, 1.82) is 0 Å². The molecule has 1 aliphatic rings. The topological polar surface area (TPSA) is 126 Å². The lowest BCUT2D eigenvalue weighted by Gasteiger charge is -2.35. The lowest BCUT2D eigenvalue weighted by Crippen LogP contribution is -2.61. The van der Waals surface area contributed by atoms with Crippen LogP contribution in [0.2, 0.25) is 5.02 Å². The van der Waals surface area contributed by atoms with Crippen LogP contribution in [0.4, 0.5) is 0 Å². The van der Waals surface area contributed by atoms with Crippen molar-refractivity contribution in [3.63, 3.8) is 0 Å². The molecule has 37 heavy (non-hydrogen) atoms. The largest absolute Gasteiger partial charge is 0.464 e. The fraction of sp³-hybridized carbons (Fsp3) is 0.615. The summed E-state index contributed by atoms with van der Waals surface area (Å²) in [5.41, 5.74) is -1.78. The summed E-state index contributed by atoms with van der Waals surface area (Å²) in [4.78, 5) is 51.1. The number of esters is 3. The molecule has 1 saturated heterocycles. The Kier molecular flexibility index (Phi) is 11.8. The fourth-order valence-electron chi connectivity index (χ4n) is 3.84. The van der Waals surface area contributed by atoms with Crippen molar-refractivity contribution in [2.24, 2.45) is 5.92 Å². The lowest BCUT2D eigenvalue weighted by atomic mass is 9.90. The number of ether oxygens (including phenoxy) is 5. The number of benzene rings is 1. The quantitative estimate of drug-likeness (QED) is 0.173. The van der Waals surface area contributed by atoms with Gasteiger partial charge >= 0.3 is 17.9 Å². The zero-order valence-electron chi connectivity index (χ0n) is 21.8. The summed E-state index contributed by atoms with van der Waals surface area (Å²) >= 11 is 5.91. The first-order valence-electron chi connectivity index (χ1n) is 12.5. The first kappa shape index (κ1) is 30.5. The van der Waals surface area contributed by atoms with E-state index in [0.29, 0.717) is 37.5 Å². The van der Waals surface area contributed by atoms with Gasteiger partial charge in [0.25, 0.3) is 11.7 Å². The highest BCUT2D eigenvalue weighted by atomic mass is 35.5. The van der Waals surface area contributed by atoms with Crippen LogP contribution in [-0.4, -0.2) is 68.2 Å². The van der Waals surface area contributed by atoms with Crippen molar-refractivity contribution in [1.82, 2.24) is 5.32 Å². The molecule has 2 rings (SSSR count). The van der Waals surface area contributed by atoms with E-state index < -0.39 is 35.1 Å². The molecule has 0 radical (unpaired) electrons. The Hall–Kier alpha value is -2.69. The molecule has 11 heteroatoms. The molecule has 0 bridgehead atoms. The fourth-order valence-corrected chi connectivity index (χ4v) is 3.97. The highest BCUT2D eigenvalue weighted by molar-refractivity contribution is 6.30. The molecule has 1 aromatic carbocycles. The molecular weight excluding hydrogens is 506 g/mol. The van der Waals surface area contributed by atoms with Gasteiger partial charge in [-0.2, -0.15) is 0 Å². The third kappa shape index (κ3) is 8.15. The van der Waals surface area contributed by atoms with Gasteiger partial charge in [-0.3, -0.25) is 4.79 Å². The number of hydrogen-bond acceptors (Lipinski definition) is 9. The molecule has 1 amide bonds. The molecule has 0 aromatic heterocycles. The van der Waals surface area contributed by atoms with Crippen LogP contribution in [0.3, 0.4) is 0 Å². The summed E-state index contributed by atoms with van der Waals surface area (Å²) in [6, 6.07) is 6.06. The molecule has 0 unspecified atom stereocenters. The smallest absolute Gasteiger partial charge is 0.366 e. The highest BCUT2D eigenvalue weighted by Gasteiger charge is 2.50. The van der Waals surface area contributed by atoms with Crippen molar-refractivity contribution in [3.05, 3.63) is 34.9 Å². The van der Waals surface area contributed by atoms with E-state index in [1.54, 1.807) is 20.8 Å².